The number of hydrogen-bond donors (Lipinski definition) is 0. The van der Waals surface area contributed by atoms with Gasteiger partial charge in [0, 0.05) is 0 Å². The maximum Gasteiger partial charge on any atom is 0.187 e. The smallest absolute Gasteiger partial charge is 0.187 e. The summed E-state index contributed by atoms with van der Waals surface area (Å²) >= 11 is 0. The number of rotatable bonds is 3. The lowest BCUT2D eigenvalue weighted by Gasteiger charge is -2.19. The van der Waals surface area contributed by atoms with Crippen LogP contribution in [0.1, 0.15) is 0 Å². The Hall–Kier alpha value is -6.75. The summed E-state index contributed by atoms with van der Waals surface area (Å²) in [6, 6.07) is 59.7. The summed E-state index contributed by atoms with van der Waals surface area (Å²) in [6.45, 7) is 7.47. The first-order chi connectivity index (χ1) is 24.8. The summed E-state index contributed by atoms with van der Waals surface area (Å²) in [6.07, 6.45) is 0. The monoisotopic (exact) mass is 629 g/mol. The minimum atomic E-state index is 0.657. The van der Waals surface area contributed by atoms with E-state index in [0.29, 0.717) is 5.69 Å². The van der Waals surface area contributed by atoms with Crippen LogP contribution in [0.3, 0.4) is 0 Å². The van der Waals surface area contributed by atoms with Crippen LogP contribution in [0.4, 0.5) is 5.69 Å². The summed E-state index contributed by atoms with van der Waals surface area (Å²) in [7, 11) is 0. The van der Waals surface area contributed by atoms with Crippen LogP contribution in [-0.4, -0.2) is 0 Å². The fourth-order valence-electron chi connectivity index (χ4n) is 8.98. The maximum atomic E-state index is 7.47. The van der Waals surface area contributed by atoms with Crippen molar-refractivity contribution in [2.24, 2.45) is 0 Å². The van der Waals surface area contributed by atoms with E-state index in [1.165, 1.54) is 103 Å². The minimum Gasteiger partial charge on any atom is -0.238 e. The Morgan fingerprint density at radius 2 is 0.820 bits per heavy atom. The average molecular weight is 630 g/mol. The summed E-state index contributed by atoms with van der Waals surface area (Å²) in [5.74, 6) is 0. The zero-order valence-corrected chi connectivity index (χ0v) is 27.0. The van der Waals surface area contributed by atoms with Crippen molar-refractivity contribution in [1.29, 1.82) is 0 Å². The SMILES string of the molecule is [C-]#[N+]c1ccc(-c2ccc3c4c(-c5ccccc5)c5c(cc6c7ccccc7c7cccc5c76)c(-c5ccccc5)c4c4cccc2c43)cc1. The molecule has 11 aromatic rings. The minimum absolute atomic E-state index is 0.657. The van der Waals surface area contributed by atoms with Crippen LogP contribution in [0.5, 0.6) is 0 Å². The molecule has 0 aliphatic heterocycles. The molecule has 1 heteroatoms. The average Bonchev–Trinajstić information content (AvgIpc) is 3.69. The lowest BCUT2D eigenvalue weighted by molar-refractivity contribution is 1.67. The molecule has 11 aromatic carbocycles. The van der Waals surface area contributed by atoms with Gasteiger partial charge in [0.2, 0.25) is 0 Å². The van der Waals surface area contributed by atoms with E-state index in [-0.39, 0.29) is 0 Å². The highest BCUT2D eigenvalue weighted by molar-refractivity contribution is 6.45. The van der Waals surface area contributed by atoms with Gasteiger partial charge < -0.3 is 0 Å². The van der Waals surface area contributed by atoms with E-state index in [9.17, 15) is 0 Å². The fraction of sp³-hybridized carbons (Fsp3) is 0. The van der Waals surface area contributed by atoms with Crippen molar-refractivity contribution in [2.45, 2.75) is 0 Å². The van der Waals surface area contributed by atoms with Gasteiger partial charge in [0.05, 0.1) is 6.57 Å². The molecule has 1 nitrogen and oxygen atoms in total. The van der Waals surface area contributed by atoms with Gasteiger partial charge in [-0.25, -0.2) is 4.85 Å². The number of fused-ring (bicyclic) bond motifs is 8. The van der Waals surface area contributed by atoms with Gasteiger partial charge in [-0.05, 0) is 115 Å². The lowest BCUT2D eigenvalue weighted by atomic mass is 9.84. The quantitative estimate of drug-likeness (QED) is 0.135. The third-order valence-electron chi connectivity index (χ3n) is 10.9. The van der Waals surface area contributed by atoms with Gasteiger partial charge in [-0.3, -0.25) is 0 Å². The number of nitrogens with zero attached hydrogens (tertiary/aromatic N) is 1. The van der Waals surface area contributed by atoms with Gasteiger partial charge in [-0.1, -0.05) is 158 Å². The van der Waals surface area contributed by atoms with Crippen LogP contribution in [0.25, 0.3) is 114 Å². The fourth-order valence-corrected chi connectivity index (χ4v) is 8.98. The molecule has 0 unspecified atom stereocenters. The van der Waals surface area contributed by atoms with Gasteiger partial charge >= 0.3 is 0 Å². The highest BCUT2D eigenvalue weighted by atomic mass is 14.6. The second kappa shape index (κ2) is 10.1. The molecule has 50 heavy (non-hydrogen) atoms. The van der Waals surface area contributed by atoms with Crippen molar-refractivity contribution in [3.63, 3.8) is 0 Å². The molecule has 0 N–H and O–H groups in total. The summed E-state index contributed by atoms with van der Waals surface area (Å²) in [5.41, 5.74) is 8.00. The van der Waals surface area contributed by atoms with Crippen molar-refractivity contribution in [3.8, 4) is 33.4 Å². The van der Waals surface area contributed by atoms with E-state index in [4.69, 9.17) is 6.57 Å². The highest BCUT2D eigenvalue weighted by Crippen LogP contribution is 2.55. The largest absolute Gasteiger partial charge is 0.238 e. The first-order valence-corrected chi connectivity index (χ1v) is 17.1. The Bertz CT molecular complexity index is 3170. The predicted molar refractivity (Wildman–Crippen MR) is 214 cm³/mol. The van der Waals surface area contributed by atoms with E-state index in [0.717, 1.165) is 5.56 Å². The molecule has 228 valence electrons. The molecular weight excluding hydrogens is 603 g/mol. The second-order valence-electron chi connectivity index (χ2n) is 13.4. The van der Waals surface area contributed by atoms with E-state index < -0.39 is 0 Å². The van der Waals surface area contributed by atoms with E-state index >= 15 is 0 Å². The van der Waals surface area contributed by atoms with Crippen LogP contribution in [-0.2, 0) is 0 Å². The lowest BCUT2D eigenvalue weighted by Crippen LogP contribution is -1.91. The molecule has 0 saturated carbocycles. The standard InChI is InChI=1S/C49H27N/c1-50-32-24-22-29(23-25-32)33-26-27-40-45-36(33)18-10-21-39(45)48-43(30-12-4-2-5-13-30)42-28-41-35-17-9-8-16-34(35)37-19-11-20-38(46(37)41)47(42)44(49(40)48)31-14-6-3-7-15-31/h2-28H. The highest BCUT2D eigenvalue weighted by Gasteiger charge is 2.26. The zero-order chi connectivity index (χ0) is 32.9. The van der Waals surface area contributed by atoms with Crippen molar-refractivity contribution in [1.82, 2.24) is 0 Å². The third-order valence-corrected chi connectivity index (χ3v) is 10.9. The molecule has 0 spiro atoms. The van der Waals surface area contributed by atoms with Gasteiger partial charge in [-0.15, -0.1) is 0 Å². The molecule has 0 aromatic heterocycles. The van der Waals surface area contributed by atoms with Gasteiger partial charge in [0.1, 0.15) is 0 Å². The normalized spacial score (nSPS) is 12.0. The van der Waals surface area contributed by atoms with Crippen molar-refractivity contribution >= 4 is 81.1 Å². The van der Waals surface area contributed by atoms with Gasteiger partial charge in [0.15, 0.2) is 5.69 Å². The van der Waals surface area contributed by atoms with E-state index in [1.54, 1.807) is 0 Å². The summed E-state index contributed by atoms with van der Waals surface area (Å²) in [5, 5.41) is 18.2. The van der Waals surface area contributed by atoms with E-state index in [1.807, 2.05) is 12.1 Å². The second-order valence-corrected chi connectivity index (χ2v) is 13.4. The van der Waals surface area contributed by atoms with Crippen LogP contribution in [0.2, 0.25) is 0 Å². The maximum absolute atomic E-state index is 7.47. The van der Waals surface area contributed by atoms with Crippen LogP contribution in [0.15, 0.2) is 164 Å². The van der Waals surface area contributed by atoms with Crippen LogP contribution >= 0.6 is 0 Å². The number of hydrogen-bond acceptors (Lipinski definition) is 0. The summed E-state index contributed by atoms with van der Waals surface area (Å²) < 4.78 is 0. The first kappa shape index (κ1) is 27.2. The van der Waals surface area contributed by atoms with Crippen LogP contribution in [0, 0.1) is 6.57 Å². The molecule has 0 amide bonds. The summed E-state index contributed by atoms with van der Waals surface area (Å²) in [4.78, 5) is 3.64. The van der Waals surface area contributed by atoms with Gasteiger partial charge in [-0.2, -0.15) is 0 Å². The zero-order valence-electron chi connectivity index (χ0n) is 27.0. The van der Waals surface area contributed by atoms with Gasteiger partial charge in [0.25, 0.3) is 0 Å². The third kappa shape index (κ3) is 3.55. The van der Waals surface area contributed by atoms with Crippen molar-refractivity contribution < 1.29 is 0 Å². The molecule has 0 aliphatic carbocycles. The molecule has 11 rings (SSSR count). The van der Waals surface area contributed by atoms with Crippen molar-refractivity contribution in [3.05, 3.63) is 175 Å². The molecule has 0 bridgehead atoms. The molecule has 0 aliphatic rings. The Labute approximate surface area is 288 Å². The van der Waals surface area contributed by atoms with E-state index in [2.05, 4.69) is 157 Å². The Morgan fingerprint density at radius 1 is 0.300 bits per heavy atom. The molecule has 0 radical (unpaired) electrons. The molecular formula is C49H27N. The molecule has 0 heterocycles. The predicted octanol–water partition coefficient (Wildman–Crippen LogP) is 14.2. The Morgan fingerprint density at radius 3 is 1.52 bits per heavy atom. The molecule has 0 fully saturated rings. The van der Waals surface area contributed by atoms with Crippen LogP contribution < -0.4 is 0 Å². The first-order valence-electron chi connectivity index (χ1n) is 17.1. The number of benzene rings is 9. The Balaban J connectivity index is 1.44. The Kier molecular flexibility index (Phi) is 5.52. The molecule has 0 atom stereocenters. The molecule has 0 saturated heterocycles. The van der Waals surface area contributed by atoms with Crippen molar-refractivity contribution in [2.75, 3.05) is 0 Å². The topological polar surface area (TPSA) is 4.36 Å².